The largest absolute Gasteiger partial charge is 0.0693 e. The number of rotatable bonds is 2. The van der Waals surface area contributed by atoms with Crippen LogP contribution in [0.1, 0.15) is 27.2 Å². The molecule has 0 saturated heterocycles. The third-order valence-electron chi connectivity index (χ3n) is 1.33. The summed E-state index contributed by atoms with van der Waals surface area (Å²) in [6.45, 7) is 14.0. The topological polar surface area (TPSA) is 0 Å². The molecule has 0 bridgehead atoms. The summed E-state index contributed by atoms with van der Waals surface area (Å²) in [5.74, 6) is 0. The summed E-state index contributed by atoms with van der Waals surface area (Å²) in [7, 11) is -0.892. The van der Waals surface area contributed by atoms with Gasteiger partial charge >= 0.3 is 0 Å². The zero-order chi connectivity index (χ0) is 8.41. The van der Waals surface area contributed by atoms with E-state index in [-0.39, 0.29) is 0 Å². The molecule has 0 nitrogen and oxygen atoms in total. The summed E-state index contributed by atoms with van der Waals surface area (Å²) >= 11 is 0. The molecule has 0 aromatic carbocycles. The first-order chi connectivity index (χ1) is 4.21. The maximum Gasteiger partial charge on any atom is 0.0473 e. The zero-order valence-electron chi connectivity index (χ0n) is 8.28. The molecule has 0 aliphatic carbocycles. The van der Waals surface area contributed by atoms with Crippen molar-refractivity contribution in [2.75, 3.05) is 0 Å². The van der Waals surface area contributed by atoms with Crippen LogP contribution >= 0.6 is 0 Å². The van der Waals surface area contributed by atoms with E-state index in [1.54, 1.807) is 0 Å². The Morgan fingerprint density at radius 2 is 1.50 bits per heavy atom. The van der Waals surface area contributed by atoms with E-state index >= 15 is 0 Å². The van der Waals surface area contributed by atoms with Crippen molar-refractivity contribution in [1.29, 1.82) is 0 Å². The van der Waals surface area contributed by atoms with Gasteiger partial charge in [0.25, 0.3) is 0 Å². The van der Waals surface area contributed by atoms with Crippen LogP contribution in [-0.4, -0.2) is 8.07 Å². The Bertz CT molecular complexity index is 78.3. The van der Waals surface area contributed by atoms with Crippen LogP contribution in [0.3, 0.4) is 0 Å². The van der Waals surface area contributed by atoms with E-state index in [2.05, 4.69) is 46.5 Å². The van der Waals surface area contributed by atoms with Gasteiger partial charge in [-0.1, -0.05) is 40.4 Å². The molecular formula is C9H21Si. The van der Waals surface area contributed by atoms with E-state index in [0.717, 1.165) is 0 Å². The molecule has 0 aliphatic rings. The van der Waals surface area contributed by atoms with Gasteiger partial charge in [0.15, 0.2) is 0 Å². The Kier molecular flexibility index (Phi) is 3.15. The molecule has 61 valence electrons. The molecule has 0 heterocycles. The highest BCUT2D eigenvalue weighted by molar-refractivity contribution is 6.79. The Labute approximate surface area is 67.0 Å². The fourth-order valence-corrected chi connectivity index (χ4v) is 1.84. The van der Waals surface area contributed by atoms with Crippen LogP contribution in [0.5, 0.6) is 0 Å². The van der Waals surface area contributed by atoms with E-state index in [1.807, 2.05) is 0 Å². The lowest BCUT2D eigenvalue weighted by atomic mass is 9.94. The minimum absolute atomic E-state index is 0.486. The highest BCUT2D eigenvalue weighted by atomic mass is 28.3. The summed E-state index contributed by atoms with van der Waals surface area (Å²) < 4.78 is 0. The molecule has 10 heavy (non-hydrogen) atoms. The molecule has 0 aliphatic heterocycles. The van der Waals surface area contributed by atoms with Gasteiger partial charge in [0.1, 0.15) is 0 Å². The second kappa shape index (κ2) is 3.08. The highest BCUT2D eigenvalue weighted by Gasteiger charge is 2.18. The monoisotopic (exact) mass is 157 g/mol. The second-order valence-corrected chi connectivity index (χ2v) is 10.5. The predicted molar refractivity (Wildman–Crippen MR) is 51.7 cm³/mol. The fraction of sp³-hybridized carbons (Fsp3) is 0.889. The van der Waals surface area contributed by atoms with Gasteiger partial charge in [-0.15, -0.1) is 0 Å². The molecule has 0 spiro atoms. The summed E-state index contributed by atoms with van der Waals surface area (Å²) in [6.07, 6.45) is 1.27. The summed E-state index contributed by atoms with van der Waals surface area (Å²) in [5, 5.41) is 0. The highest BCUT2D eigenvalue weighted by Crippen LogP contribution is 2.23. The SMILES string of the molecule is CC(C)(C)C[CH][Si](C)(C)C. The second-order valence-electron chi connectivity index (χ2n) is 5.33. The van der Waals surface area contributed by atoms with Gasteiger partial charge in [0.2, 0.25) is 0 Å². The van der Waals surface area contributed by atoms with Crippen LogP contribution in [0.25, 0.3) is 0 Å². The predicted octanol–water partition coefficient (Wildman–Crippen LogP) is 3.50. The fourth-order valence-electron chi connectivity index (χ4n) is 0.612. The number of hydrogen-bond donors (Lipinski definition) is 0. The Morgan fingerprint density at radius 3 is 1.60 bits per heavy atom. The standard InChI is InChI=1S/C9H21Si/c1-9(2,3)7-8-10(4,5)6/h8H,7H2,1-6H3. The molecule has 0 rings (SSSR count). The van der Waals surface area contributed by atoms with Crippen molar-refractivity contribution in [3.05, 3.63) is 6.04 Å². The Balaban J connectivity index is 3.56. The van der Waals surface area contributed by atoms with Crippen molar-refractivity contribution in [3.8, 4) is 0 Å². The van der Waals surface area contributed by atoms with Gasteiger partial charge in [-0.25, -0.2) is 0 Å². The number of hydrogen-bond acceptors (Lipinski definition) is 0. The zero-order valence-corrected chi connectivity index (χ0v) is 9.28. The minimum Gasteiger partial charge on any atom is -0.0693 e. The quantitative estimate of drug-likeness (QED) is 0.538. The van der Waals surface area contributed by atoms with E-state index in [4.69, 9.17) is 0 Å². The van der Waals surface area contributed by atoms with Gasteiger partial charge in [0, 0.05) is 8.07 Å². The Hall–Kier alpha value is 0.217. The van der Waals surface area contributed by atoms with E-state index < -0.39 is 8.07 Å². The van der Waals surface area contributed by atoms with Crippen molar-refractivity contribution in [2.24, 2.45) is 5.41 Å². The maximum atomic E-state index is 2.53. The molecule has 0 unspecified atom stereocenters. The first-order valence-electron chi connectivity index (χ1n) is 4.05. The molecule has 0 saturated carbocycles. The van der Waals surface area contributed by atoms with Crippen LogP contribution in [0, 0.1) is 11.5 Å². The molecule has 1 heteroatoms. The molecule has 0 amide bonds. The van der Waals surface area contributed by atoms with E-state index in [1.165, 1.54) is 6.42 Å². The summed E-state index contributed by atoms with van der Waals surface area (Å²) in [4.78, 5) is 0. The van der Waals surface area contributed by atoms with Gasteiger partial charge < -0.3 is 0 Å². The van der Waals surface area contributed by atoms with E-state index in [9.17, 15) is 0 Å². The molecule has 0 fully saturated rings. The van der Waals surface area contributed by atoms with Gasteiger partial charge in [-0.2, -0.15) is 0 Å². The molecule has 1 radical (unpaired) electrons. The smallest absolute Gasteiger partial charge is 0.0473 e. The normalized spacial score (nSPS) is 13.8. The minimum atomic E-state index is -0.892. The third kappa shape index (κ3) is 8.22. The van der Waals surface area contributed by atoms with Crippen molar-refractivity contribution >= 4 is 8.07 Å². The first kappa shape index (κ1) is 10.2. The lowest BCUT2D eigenvalue weighted by Gasteiger charge is -2.23. The molecule has 0 atom stereocenters. The summed E-state index contributed by atoms with van der Waals surface area (Å²) in [5.41, 5.74) is 0.486. The lowest BCUT2D eigenvalue weighted by Crippen LogP contribution is -2.24. The first-order valence-corrected chi connectivity index (χ1v) is 7.63. The third-order valence-corrected chi connectivity index (χ3v) is 2.76. The lowest BCUT2D eigenvalue weighted by molar-refractivity contribution is 0.413. The van der Waals surface area contributed by atoms with Crippen molar-refractivity contribution in [2.45, 2.75) is 46.8 Å². The van der Waals surface area contributed by atoms with Crippen LogP contribution in [-0.2, 0) is 0 Å². The van der Waals surface area contributed by atoms with Crippen molar-refractivity contribution in [1.82, 2.24) is 0 Å². The molecule has 0 aromatic rings. The molecule has 0 aromatic heterocycles. The summed E-state index contributed by atoms with van der Waals surface area (Å²) in [6, 6.07) is 2.53. The molecular weight excluding hydrogens is 136 g/mol. The van der Waals surface area contributed by atoms with Gasteiger partial charge in [-0.3, -0.25) is 0 Å². The van der Waals surface area contributed by atoms with Crippen LogP contribution in [0.15, 0.2) is 0 Å². The van der Waals surface area contributed by atoms with Crippen LogP contribution in [0.4, 0.5) is 0 Å². The van der Waals surface area contributed by atoms with E-state index in [0.29, 0.717) is 5.41 Å². The maximum absolute atomic E-state index is 2.53. The molecule has 0 N–H and O–H groups in total. The van der Waals surface area contributed by atoms with Gasteiger partial charge in [0.05, 0.1) is 0 Å². The van der Waals surface area contributed by atoms with Crippen molar-refractivity contribution in [3.63, 3.8) is 0 Å². The van der Waals surface area contributed by atoms with Crippen molar-refractivity contribution < 1.29 is 0 Å². The van der Waals surface area contributed by atoms with Crippen LogP contribution in [0.2, 0.25) is 19.6 Å². The average molecular weight is 157 g/mol. The van der Waals surface area contributed by atoms with Crippen LogP contribution < -0.4 is 0 Å². The van der Waals surface area contributed by atoms with Gasteiger partial charge in [-0.05, 0) is 17.9 Å². The average Bonchev–Trinajstić information content (AvgIpc) is 1.57. The Morgan fingerprint density at radius 1 is 1.10 bits per heavy atom.